The highest BCUT2D eigenvalue weighted by Gasteiger charge is 2.15. The normalized spacial score (nSPS) is 10.3. The second-order valence-electron chi connectivity index (χ2n) is 4.47. The van der Waals surface area contributed by atoms with Crippen LogP contribution in [-0.2, 0) is 12.5 Å². The molecule has 4 nitrogen and oxygen atoms in total. The van der Waals surface area contributed by atoms with Crippen LogP contribution in [0, 0.1) is 17.0 Å². The van der Waals surface area contributed by atoms with Gasteiger partial charge in [0.2, 0.25) is 0 Å². The quantitative estimate of drug-likeness (QED) is 0.471. The Balaban J connectivity index is 2.21. The van der Waals surface area contributed by atoms with Gasteiger partial charge in [-0.1, -0.05) is 35.9 Å². The number of hydrogen-bond acceptors (Lipinski definition) is 3. The molecule has 2 aromatic carbocycles. The SMILES string of the molecule is Cc1cccc(COc2cc(CCl)ccc2[N+](=O)[O-])c1. The average molecular weight is 292 g/mol. The van der Waals surface area contributed by atoms with Crippen molar-refractivity contribution in [1.29, 1.82) is 0 Å². The Morgan fingerprint density at radius 3 is 2.65 bits per heavy atom. The molecule has 0 radical (unpaired) electrons. The zero-order chi connectivity index (χ0) is 14.5. The summed E-state index contributed by atoms with van der Waals surface area (Å²) in [6.45, 7) is 2.27. The molecule has 0 heterocycles. The molecular weight excluding hydrogens is 278 g/mol. The van der Waals surface area contributed by atoms with Crippen molar-refractivity contribution in [3.8, 4) is 5.75 Å². The first-order valence-corrected chi connectivity index (χ1v) is 6.65. The molecule has 20 heavy (non-hydrogen) atoms. The van der Waals surface area contributed by atoms with E-state index in [0.29, 0.717) is 5.88 Å². The summed E-state index contributed by atoms with van der Waals surface area (Å²) >= 11 is 5.74. The van der Waals surface area contributed by atoms with Gasteiger partial charge < -0.3 is 4.74 Å². The lowest BCUT2D eigenvalue weighted by molar-refractivity contribution is -0.386. The van der Waals surface area contributed by atoms with E-state index in [1.165, 1.54) is 6.07 Å². The van der Waals surface area contributed by atoms with Gasteiger partial charge in [-0.25, -0.2) is 0 Å². The minimum atomic E-state index is -0.455. The van der Waals surface area contributed by atoms with E-state index < -0.39 is 4.92 Å². The van der Waals surface area contributed by atoms with Crippen LogP contribution in [0.3, 0.4) is 0 Å². The van der Waals surface area contributed by atoms with E-state index in [1.54, 1.807) is 12.1 Å². The van der Waals surface area contributed by atoms with E-state index in [2.05, 4.69) is 0 Å². The summed E-state index contributed by atoms with van der Waals surface area (Å²) in [6.07, 6.45) is 0. The Labute approximate surface area is 122 Å². The smallest absolute Gasteiger partial charge is 0.310 e. The van der Waals surface area contributed by atoms with Crippen molar-refractivity contribution in [1.82, 2.24) is 0 Å². The zero-order valence-corrected chi connectivity index (χ0v) is 11.8. The van der Waals surface area contributed by atoms with E-state index in [0.717, 1.165) is 16.7 Å². The second-order valence-corrected chi connectivity index (χ2v) is 4.74. The molecule has 0 fully saturated rings. The van der Waals surface area contributed by atoms with Crippen LogP contribution in [0.2, 0.25) is 0 Å². The Hall–Kier alpha value is -2.07. The number of hydrogen-bond donors (Lipinski definition) is 0. The fourth-order valence-electron chi connectivity index (χ4n) is 1.87. The fourth-order valence-corrected chi connectivity index (χ4v) is 2.04. The average Bonchev–Trinajstić information content (AvgIpc) is 2.44. The van der Waals surface area contributed by atoms with Gasteiger partial charge in [-0.2, -0.15) is 0 Å². The molecule has 2 aromatic rings. The number of halogens is 1. The maximum Gasteiger partial charge on any atom is 0.310 e. The second kappa shape index (κ2) is 6.39. The highest BCUT2D eigenvalue weighted by molar-refractivity contribution is 6.17. The first kappa shape index (κ1) is 14.3. The maximum absolute atomic E-state index is 11.0. The van der Waals surface area contributed by atoms with Crippen LogP contribution in [0.25, 0.3) is 0 Å². The van der Waals surface area contributed by atoms with Gasteiger partial charge in [-0.05, 0) is 24.1 Å². The van der Waals surface area contributed by atoms with Crippen LogP contribution in [0.15, 0.2) is 42.5 Å². The molecule has 0 aliphatic carbocycles. The highest BCUT2D eigenvalue weighted by atomic mass is 35.5. The lowest BCUT2D eigenvalue weighted by atomic mass is 10.1. The van der Waals surface area contributed by atoms with E-state index in [4.69, 9.17) is 16.3 Å². The van der Waals surface area contributed by atoms with Crippen molar-refractivity contribution < 1.29 is 9.66 Å². The summed E-state index contributed by atoms with van der Waals surface area (Å²) in [6, 6.07) is 12.5. The van der Waals surface area contributed by atoms with Gasteiger partial charge in [0.05, 0.1) is 4.92 Å². The number of nitro groups is 1. The Bertz CT molecular complexity index is 628. The molecular formula is C15H14ClNO3. The van der Waals surface area contributed by atoms with Gasteiger partial charge in [0, 0.05) is 11.9 Å². The lowest BCUT2D eigenvalue weighted by Gasteiger charge is -2.08. The predicted octanol–water partition coefficient (Wildman–Crippen LogP) is 4.22. The number of benzene rings is 2. The third-order valence-electron chi connectivity index (χ3n) is 2.85. The van der Waals surface area contributed by atoms with Crippen LogP contribution in [-0.4, -0.2) is 4.92 Å². The summed E-state index contributed by atoms with van der Waals surface area (Å²) in [5.74, 6) is 0.536. The number of nitro benzene ring substituents is 1. The van der Waals surface area contributed by atoms with Crippen LogP contribution < -0.4 is 4.74 Å². The molecule has 0 atom stereocenters. The first-order chi connectivity index (χ1) is 9.60. The molecule has 0 spiro atoms. The van der Waals surface area contributed by atoms with E-state index in [9.17, 15) is 10.1 Å². The van der Waals surface area contributed by atoms with Crippen LogP contribution in [0.1, 0.15) is 16.7 Å². The minimum Gasteiger partial charge on any atom is -0.482 e. The predicted molar refractivity (Wildman–Crippen MR) is 78.2 cm³/mol. The van der Waals surface area contributed by atoms with Gasteiger partial charge in [-0.15, -0.1) is 11.6 Å². The fraction of sp³-hybridized carbons (Fsp3) is 0.200. The van der Waals surface area contributed by atoms with Crippen molar-refractivity contribution in [2.24, 2.45) is 0 Å². The zero-order valence-electron chi connectivity index (χ0n) is 11.0. The van der Waals surface area contributed by atoms with Gasteiger partial charge in [0.1, 0.15) is 6.61 Å². The van der Waals surface area contributed by atoms with Crippen molar-refractivity contribution in [2.45, 2.75) is 19.4 Å². The molecule has 0 saturated carbocycles. The monoisotopic (exact) mass is 291 g/mol. The van der Waals surface area contributed by atoms with Crippen molar-refractivity contribution in [2.75, 3.05) is 0 Å². The summed E-state index contributed by atoms with van der Waals surface area (Å²) in [5.41, 5.74) is 2.83. The topological polar surface area (TPSA) is 52.4 Å². The van der Waals surface area contributed by atoms with E-state index in [-0.39, 0.29) is 18.0 Å². The summed E-state index contributed by atoms with van der Waals surface area (Å²) in [4.78, 5) is 10.5. The molecule has 0 aliphatic heterocycles. The van der Waals surface area contributed by atoms with E-state index in [1.807, 2.05) is 31.2 Å². The van der Waals surface area contributed by atoms with Crippen molar-refractivity contribution in [3.63, 3.8) is 0 Å². The Morgan fingerprint density at radius 1 is 1.20 bits per heavy atom. The number of rotatable bonds is 5. The molecule has 0 saturated heterocycles. The third kappa shape index (κ3) is 3.48. The lowest BCUT2D eigenvalue weighted by Crippen LogP contribution is -2.00. The van der Waals surface area contributed by atoms with Crippen LogP contribution >= 0.6 is 11.6 Å². The molecule has 0 N–H and O–H groups in total. The molecule has 104 valence electrons. The first-order valence-electron chi connectivity index (χ1n) is 6.12. The summed E-state index contributed by atoms with van der Waals surface area (Å²) in [7, 11) is 0. The van der Waals surface area contributed by atoms with Crippen LogP contribution in [0.5, 0.6) is 5.75 Å². The molecule has 0 aromatic heterocycles. The Kier molecular flexibility index (Phi) is 4.58. The Morgan fingerprint density at radius 2 is 2.00 bits per heavy atom. The molecule has 5 heteroatoms. The maximum atomic E-state index is 11.0. The van der Waals surface area contributed by atoms with Gasteiger partial charge in [0.15, 0.2) is 5.75 Å². The highest BCUT2D eigenvalue weighted by Crippen LogP contribution is 2.29. The number of alkyl halides is 1. The standard InChI is InChI=1S/C15H14ClNO3/c1-11-3-2-4-13(7-11)10-20-15-8-12(9-16)5-6-14(15)17(18)19/h2-8H,9-10H2,1H3. The number of ether oxygens (including phenoxy) is 1. The summed E-state index contributed by atoms with van der Waals surface area (Å²) < 4.78 is 5.58. The molecule has 2 rings (SSSR count). The largest absolute Gasteiger partial charge is 0.482 e. The van der Waals surface area contributed by atoms with Gasteiger partial charge >= 0.3 is 5.69 Å². The van der Waals surface area contributed by atoms with Crippen LogP contribution in [0.4, 0.5) is 5.69 Å². The van der Waals surface area contributed by atoms with Gasteiger partial charge in [0.25, 0.3) is 0 Å². The third-order valence-corrected chi connectivity index (χ3v) is 3.16. The number of aryl methyl sites for hydroxylation is 1. The van der Waals surface area contributed by atoms with Crippen molar-refractivity contribution >= 4 is 17.3 Å². The van der Waals surface area contributed by atoms with E-state index >= 15 is 0 Å². The summed E-state index contributed by atoms with van der Waals surface area (Å²) in [5, 5.41) is 11.0. The minimum absolute atomic E-state index is 0.0495. The molecule has 0 bridgehead atoms. The molecule has 0 unspecified atom stereocenters. The molecule has 0 amide bonds. The molecule has 0 aliphatic rings. The van der Waals surface area contributed by atoms with Gasteiger partial charge in [-0.3, -0.25) is 10.1 Å². The number of nitrogens with zero attached hydrogens (tertiary/aromatic N) is 1. The van der Waals surface area contributed by atoms with Crippen molar-refractivity contribution in [3.05, 3.63) is 69.3 Å².